The Morgan fingerprint density at radius 3 is 1.88 bits per heavy atom. The second-order valence-corrected chi connectivity index (χ2v) is 6.73. The fraction of sp³-hybridized carbons (Fsp3) is 0.125. The number of hydrogen-bond donors (Lipinski definition) is 4. The third-order valence-corrected chi connectivity index (χ3v) is 4.49. The molecule has 3 rings (SSSR count). The van der Waals surface area contributed by atoms with E-state index in [0.717, 1.165) is 0 Å². The molecular formula is C24H24N4O4. The minimum absolute atomic E-state index is 0.193. The van der Waals surface area contributed by atoms with Gasteiger partial charge in [0.25, 0.3) is 11.8 Å². The second kappa shape index (κ2) is 11.2. The van der Waals surface area contributed by atoms with Crippen LogP contribution in [0.4, 0.5) is 16.2 Å². The molecular weight excluding hydrogens is 408 g/mol. The molecule has 32 heavy (non-hydrogen) atoms. The van der Waals surface area contributed by atoms with Crippen molar-refractivity contribution in [3.8, 4) is 5.75 Å². The van der Waals surface area contributed by atoms with Crippen molar-refractivity contribution in [2.75, 3.05) is 30.8 Å². The van der Waals surface area contributed by atoms with E-state index in [1.54, 1.807) is 66.7 Å². The molecule has 0 atom stereocenters. The molecule has 8 heteroatoms. The Morgan fingerprint density at radius 1 is 0.688 bits per heavy atom. The number of amides is 4. The number of urea groups is 1. The van der Waals surface area contributed by atoms with E-state index in [1.807, 2.05) is 12.1 Å². The molecule has 0 radical (unpaired) electrons. The number of rotatable bonds is 8. The summed E-state index contributed by atoms with van der Waals surface area (Å²) in [6.45, 7) is 0.598. The molecule has 8 nitrogen and oxygen atoms in total. The summed E-state index contributed by atoms with van der Waals surface area (Å²) < 4.78 is 5.20. The molecule has 0 aliphatic carbocycles. The summed E-state index contributed by atoms with van der Waals surface area (Å²) >= 11 is 0. The van der Waals surface area contributed by atoms with E-state index in [0.29, 0.717) is 41.3 Å². The fourth-order valence-corrected chi connectivity index (χ4v) is 2.88. The van der Waals surface area contributed by atoms with Gasteiger partial charge in [-0.05, 0) is 48.5 Å². The van der Waals surface area contributed by atoms with Crippen molar-refractivity contribution in [3.05, 3.63) is 90.0 Å². The number of hydrogen-bond acceptors (Lipinski definition) is 4. The Hall–Kier alpha value is -4.33. The molecule has 0 spiro atoms. The van der Waals surface area contributed by atoms with Crippen molar-refractivity contribution in [2.24, 2.45) is 0 Å². The Balaban J connectivity index is 1.43. The van der Waals surface area contributed by atoms with E-state index in [4.69, 9.17) is 4.74 Å². The number of ether oxygens (including phenoxy) is 1. The molecule has 0 heterocycles. The third-order valence-electron chi connectivity index (χ3n) is 4.49. The van der Waals surface area contributed by atoms with E-state index < -0.39 is 6.03 Å². The van der Waals surface area contributed by atoms with Gasteiger partial charge in [-0.15, -0.1) is 0 Å². The Labute approximate surface area is 186 Å². The summed E-state index contributed by atoms with van der Waals surface area (Å²) in [5.74, 6) is 0.0836. The van der Waals surface area contributed by atoms with Crippen molar-refractivity contribution in [1.29, 1.82) is 0 Å². The van der Waals surface area contributed by atoms with Gasteiger partial charge in [0.05, 0.1) is 12.8 Å². The van der Waals surface area contributed by atoms with Gasteiger partial charge in [-0.3, -0.25) is 9.59 Å². The SMILES string of the molecule is COc1ccccc1NC(=O)Nc1ccc(C(=O)NCCNC(=O)c2ccccc2)cc1. The highest BCUT2D eigenvalue weighted by Gasteiger charge is 2.09. The second-order valence-electron chi connectivity index (χ2n) is 6.73. The maximum absolute atomic E-state index is 12.3. The van der Waals surface area contributed by atoms with Gasteiger partial charge in [0, 0.05) is 29.9 Å². The molecule has 0 saturated heterocycles. The Morgan fingerprint density at radius 2 is 1.25 bits per heavy atom. The van der Waals surface area contributed by atoms with E-state index in [9.17, 15) is 14.4 Å². The van der Waals surface area contributed by atoms with Gasteiger partial charge in [0.1, 0.15) is 5.75 Å². The van der Waals surface area contributed by atoms with E-state index in [-0.39, 0.29) is 11.8 Å². The molecule has 164 valence electrons. The van der Waals surface area contributed by atoms with Crippen LogP contribution in [0.2, 0.25) is 0 Å². The van der Waals surface area contributed by atoms with Gasteiger partial charge in [-0.1, -0.05) is 30.3 Å². The molecule has 0 aliphatic heterocycles. The topological polar surface area (TPSA) is 109 Å². The molecule has 0 unspecified atom stereocenters. The normalized spacial score (nSPS) is 10.0. The first-order chi connectivity index (χ1) is 15.6. The lowest BCUT2D eigenvalue weighted by atomic mass is 10.2. The molecule has 3 aromatic carbocycles. The number of carbonyl (C=O) groups is 3. The van der Waals surface area contributed by atoms with Crippen molar-refractivity contribution in [2.45, 2.75) is 0 Å². The first-order valence-corrected chi connectivity index (χ1v) is 9.99. The minimum Gasteiger partial charge on any atom is -0.495 e. The van der Waals surface area contributed by atoms with Gasteiger partial charge in [-0.2, -0.15) is 0 Å². The van der Waals surface area contributed by atoms with Crippen LogP contribution in [0.1, 0.15) is 20.7 Å². The number of para-hydroxylation sites is 2. The summed E-state index contributed by atoms with van der Waals surface area (Å²) in [7, 11) is 1.53. The Kier molecular flexibility index (Phi) is 7.80. The van der Waals surface area contributed by atoms with Gasteiger partial charge in [0.2, 0.25) is 0 Å². The molecule has 0 fully saturated rings. The summed E-state index contributed by atoms with van der Waals surface area (Å²) in [5.41, 5.74) is 2.08. The lowest BCUT2D eigenvalue weighted by Crippen LogP contribution is -2.34. The van der Waals surface area contributed by atoms with Gasteiger partial charge in [-0.25, -0.2) is 4.79 Å². The van der Waals surface area contributed by atoms with Gasteiger partial charge < -0.3 is 26.0 Å². The highest BCUT2D eigenvalue weighted by molar-refractivity contribution is 6.01. The third kappa shape index (κ3) is 6.33. The van der Waals surface area contributed by atoms with Crippen molar-refractivity contribution in [1.82, 2.24) is 10.6 Å². The van der Waals surface area contributed by atoms with Crippen LogP contribution in [0.3, 0.4) is 0 Å². The maximum Gasteiger partial charge on any atom is 0.323 e. The summed E-state index contributed by atoms with van der Waals surface area (Å²) in [6.07, 6.45) is 0. The molecule has 4 amide bonds. The minimum atomic E-state index is -0.430. The highest BCUT2D eigenvalue weighted by atomic mass is 16.5. The number of carbonyl (C=O) groups excluding carboxylic acids is 3. The van der Waals surface area contributed by atoms with E-state index >= 15 is 0 Å². The van der Waals surface area contributed by atoms with Crippen molar-refractivity contribution >= 4 is 29.2 Å². The predicted molar refractivity (Wildman–Crippen MR) is 123 cm³/mol. The zero-order valence-corrected chi connectivity index (χ0v) is 17.6. The number of methoxy groups -OCH3 is 1. The average Bonchev–Trinajstić information content (AvgIpc) is 2.83. The van der Waals surface area contributed by atoms with Crippen LogP contribution in [0.15, 0.2) is 78.9 Å². The lowest BCUT2D eigenvalue weighted by Gasteiger charge is -2.11. The van der Waals surface area contributed by atoms with Crippen LogP contribution in [0.5, 0.6) is 5.75 Å². The van der Waals surface area contributed by atoms with Crippen LogP contribution >= 0.6 is 0 Å². The molecule has 3 aromatic rings. The smallest absolute Gasteiger partial charge is 0.323 e. The standard InChI is InChI=1S/C24H24N4O4/c1-32-21-10-6-5-9-20(21)28-24(31)27-19-13-11-18(12-14-19)23(30)26-16-15-25-22(29)17-7-3-2-4-8-17/h2-14H,15-16H2,1H3,(H,25,29)(H,26,30)(H2,27,28,31). The predicted octanol–water partition coefficient (Wildman–Crippen LogP) is 3.50. The number of nitrogens with one attached hydrogen (secondary N) is 4. The van der Waals surface area contributed by atoms with Crippen LogP contribution in [0, 0.1) is 0 Å². The van der Waals surface area contributed by atoms with Crippen LogP contribution in [-0.4, -0.2) is 38.0 Å². The molecule has 0 saturated carbocycles. The van der Waals surface area contributed by atoms with E-state index in [1.165, 1.54) is 7.11 Å². The zero-order chi connectivity index (χ0) is 22.8. The van der Waals surface area contributed by atoms with Crippen molar-refractivity contribution < 1.29 is 19.1 Å². The fourth-order valence-electron chi connectivity index (χ4n) is 2.88. The maximum atomic E-state index is 12.3. The van der Waals surface area contributed by atoms with E-state index in [2.05, 4.69) is 21.3 Å². The summed E-state index contributed by atoms with van der Waals surface area (Å²) in [5, 5.41) is 10.9. The van der Waals surface area contributed by atoms with Gasteiger partial charge >= 0.3 is 6.03 Å². The molecule has 0 aliphatic rings. The van der Waals surface area contributed by atoms with Crippen LogP contribution in [-0.2, 0) is 0 Å². The molecule has 0 aromatic heterocycles. The van der Waals surface area contributed by atoms with Crippen molar-refractivity contribution in [3.63, 3.8) is 0 Å². The largest absolute Gasteiger partial charge is 0.495 e. The molecule has 4 N–H and O–H groups in total. The first kappa shape index (κ1) is 22.4. The van der Waals surface area contributed by atoms with Gasteiger partial charge in [0.15, 0.2) is 0 Å². The van der Waals surface area contributed by atoms with Crippen LogP contribution < -0.4 is 26.0 Å². The quantitative estimate of drug-likeness (QED) is 0.409. The number of benzene rings is 3. The summed E-state index contributed by atoms with van der Waals surface area (Å²) in [6, 6.07) is 22.0. The monoisotopic (exact) mass is 432 g/mol. The zero-order valence-electron chi connectivity index (χ0n) is 17.6. The highest BCUT2D eigenvalue weighted by Crippen LogP contribution is 2.23. The summed E-state index contributed by atoms with van der Waals surface area (Å²) in [4.78, 5) is 36.4. The Bertz CT molecular complexity index is 1070. The molecule has 0 bridgehead atoms. The first-order valence-electron chi connectivity index (χ1n) is 9.99. The van der Waals surface area contributed by atoms with Crippen LogP contribution in [0.25, 0.3) is 0 Å². The number of anilines is 2. The lowest BCUT2D eigenvalue weighted by molar-refractivity contribution is 0.0927. The average molecular weight is 432 g/mol.